The number of carbonyl (C=O) groups is 1. The van der Waals surface area contributed by atoms with Gasteiger partial charge in [-0.1, -0.05) is 6.42 Å². The number of alkyl halides is 2. The second-order valence-corrected chi connectivity index (χ2v) is 10.1. The zero-order chi connectivity index (χ0) is 24.5. The van der Waals surface area contributed by atoms with Gasteiger partial charge in [-0.2, -0.15) is 0 Å². The van der Waals surface area contributed by atoms with E-state index < -0.39 is 30.8 Å². The summed E-state index contributed by atoms with van der Waals surface area (Å²) in [5.41, 5.74) is 0.720. The molecule has 1 unspecified atom stereocenters. The van der Waals surface area contributed by atoms with Crippen LogP contribution in [0.25, 0.3) is 10.7 Å². The Morgan fingerprint density at radius 2 is 2.06 bits per heavy atom. The summed E-state index contributed by atoms with van der Waals surface area (Å²) >= 11 is 1.34. The van der Waals surface area contributed by atoms with Crippen LogP contribution in [0.5, 0.6) is 0 Å². The monoisotopic (exact) mass is 503 g/mol. The van der Waals surface area contributed by atoms with Crippen LogP contribution in [-0.4, -0.2) is 51.1 Å². The first-order valence-corrected chi connectivity index (χ1v) is 12.2. The van der Waals surface area contributed by atoms with Crippen LogP contribution in [0, 0.1) is 5.82 Å². The van der Waals surface area contributed by atoms with E-state index in [1.54, 1.807) is 30.6 Å². The van der Waals surface area contributed by atoms with Gasteiger partial charge < -0.3 is 10.6 Å². The van der Waals surface area contributed by atoms with Crippen molar-refractivity contribution in [3.8, 4) is 10.7 Å². The molecule has 3 aromatic rings. The van der Waals surface area contributed by atoms with Crippen LogP contribution in [-0.2, 0) is 16.8 Å². The second-order valence-electron chi connectivity index (χ2n) is 8.97. The summed E-state index contributed by atoms with van der Waals surface area (Å²) in [7, 11) is 0. The van der Waals surface area contributed by atoms with E-state index in [4.69, 9.17) is 0 Å². The Labute approximate surface area is 203 Å². The minimum atomic E-state index is -2.85. The maximum Gasteiger partial charge on any atom is 0.262 e. The van der Waals surface area contributed by atoms with Gasteiger partial charge >= 0.3 is 0 Å². The standard InChI is InChI=1S/C23H24F3N7OS/c24-15-3-1-8-27-19(15)22(6-2-7-22)12-31-18-5-4-16(32-33-18)21-29-11-14(35-21)10-28-20(34)17-9-23(25,26)13-30-17/h1,3-5,8,11,17,30H,2,6-7,9-10,12-13H2,(H,28,34)(H,31,33). The lowest BCUT2D eigenvalue weighted by Gasteiger charge is -2.41. The fourth-order valence-corrected chi connectivity index (χ4v) is 5.20. The summed E-state index contributed by atoms with van der Waals surface area (Å²) in [4.78, 5) is 21.5. The number of pyridine rings is 1. The van der Waals surface area contributed by atoms with Crippen LogP contribution in [0.15, 0.2) is 36.7 Å². The highest BCUT2D eigenvalue weighted by Gasteiger charge is 2.43. The van der Waals surface area contributed by atoms with Gasteiger partial charge in [-0.15, -0.1) is 21.5 Å². The summed E-state index contributed by atoms with van der Waals surface area (Å²) in [6, 6.07) is 5.72. The smallest absolute Gasteiger partial charge is 0.262 e. The maximum atomic E-state index is 14.3. The number of hydrogen-bond acceptors (Lipinski definition) is 8. The molecule has 3 aromatic heterocycles. The summed E-state index contributed by atoms with van der Waals surface area (Å²) in [5.74, 6) is -3.03. The molecule has 0 bridgehead atoms. The molecule has 1 atom stereocenters. The molecule has 2 fully saturated rings. The van der Waals surface area contributed by atoms with Crippen molar-refractivity contribution in [3.63, 3.8) is 0 Å². The first-order chi connectivity index (χ1) is 16.8. The number of amides is 1. The predicted molar refractivity (Wildman–Crippen MR) is 125 cm³/mol. The highest BCUT2D eigenvalue weighted by molar-refractivity contribution is 7.15. The average Bonchev–Trinajstić information content (AvgIpc) is 3.44. The molecule has 5 rings (SSSR count). The third kappa shape index (κ3) is 5.13. The van der Waals surface area contributed by atoms with Gasteiger partial charge in [0, 0.05) is 35.7 Å². The molecule has 1 aliphatic heterocycles. The van der Waals surface area contributed by atoms with Crippen LogP contribution in [0.1, 0.15) is 36.3 Å². The number of nitrogens with one attached hydrogen (secondary N) is 3. The van der Waals surface area contributed by atoms with Crippen molar-refractivity contribution in [2.75, 3.05) is 18.4 Å². The first kappa shape index (κ1) is 23.6. The molecule has 1 saturated carbocycles. The third-order valence-electron chi connectivity index (χ3n) is 6.48. The second kappa shape index (κ2) is 9.50. The SMILES string of the molecule is O=C(NCc1cnc(-c2ccc(NCC3(c4ncccc4F)CCC3)nn2)s1)C1CC(F)(F)CN1. The van der Waals surface area contributed by atoms with Crippen molar-refractivity contribution in [1.82, 2.24) is 30.8 Å². The molecule has 0 spiro atoms. The highest BCUT2D eigenvalue weighted by atomic mass is 32.1. The Kier molecular flexibility index (Phi) is 6.41. The fraction of sp³-hybridized carbons (Fsp3) is 0.435. The Morgan fingerprint density at radius 1 is 1.20 bits per heavy atom. The van der Waals surface area contributed by atoms with Crippen LogP contribution < -0.4 is 16.0 Å². The van der Waals surface area contributed by atoms with Gasteiger partial charge in [0.25, 0.3) is 5.92 Å². The van der Waals surface area contributed by atoms with Crippen LogP contribution in [0.3, 0.4) is 0 Å². The van der Waals surface area contributed by atoms with E-state index in [1.807, 2.05) is 0 Å². The summed E-state index contributed by atoms with van der Waals surface area (Å²) < 4.78 is 40.8. The van der Waals surface area contributed by atoms with Crippen molar-refractivity contribution < 1.29 is 18.0 Å². The van der Waals surface area contributed by atoms with Gasteiger partial charge in [-0.25, -0.2) is 18.2 Å². The van der Waals surface area contributed by atoms with E-state index in [-0.39, 0.29) is 17.8 Å². The number of halogens is 3. The van der Waals surface area contributed by atoms with Crippen LogP contribution >= 0.6 is 11.3 Å². The van der Waals surface area contributed by atoms with Crippen molar-refractivity contribution >= 4 is 23.1 Å². The lowest BCUT2D eigenvalue weighted by Crippen LogP contribution is -2.42. The van der Waals surface area contributed by atoms with Crippen molar-refractivity contribution in [3.05, 3.63) is 53.0 Å². The number of rotatable bonds is 8. The lowest BCUT2D eigenvalue weighted by molar-refractivity contribution is -0.123. The molecule has 184 valence electrons. The summed E-state index contributed by atoms with van der Waals surface area (Å²) in [5, 5.41) is 17.6. The van der Waals surface area contributed by atoms with E-state index in [2.05, 4.69) is 36.1 Å². The number of aromatic nitrogens is 4. The van der Waals surface area contributed by atoms with Crippen molar-refractivity contribution in [1.29, 1.82) is 0 Å². The molecule has 0 radical (unpaired) electrons. The van der Waals surface area contributed by atoms with Gasteiger partial charge in [0.05, 0.1) is 24.8 Å². The normalized spacial score (nSPS) is 20.3. The van der Waals surface area contributed by atoms with Crippen molar-refractivity contribution in [2.45, 2.75) is 49.6 Å². The van der Waals surface area contributed by atoms with E-state index in [9.17, 15) is 18.0 Å². The van der Waals surface area contributed by atoms with E-state index in [1.165, 1.54) is 17.4 Å². The molecule has 3 N–H and O–H groups in total. The fourth-order valence-electron chi connectivity index (χ4n) is 4.38. The topological polar surface area (TPSA) is 105 Å². The summed E-state index contributed by atoms with van der Waals surface area (Å²) in [6.07, 6.45) is 5.48. The largest absolute Gasteiger partial charge is 0.368 e. The zero-order valence-electron chi connectivity index (χ0n) is 18.7. The van der Waals surface area contributed by atoms with Crippen LogP contribution in [0.4, 0.5) is 19.0 Å². The molecule has 1 amide bonds. The molecule has 8 nitrogen and oxygen atoms in total. The molecular formula is C23H24F3N7OS. The minimum absolute atomic E-state index is 0.194. The average molecular weight is 504 g/mol. The van der Waals surface area contributed by atoms with Crippen LogP contribution in [0.2, 0.25) is 0 Å². The maximum absolute atomic E-state index is 14.3. The molecule has 1 saturated heterocycles. The molecule has 35 heavy (non-hydrogen) atoms. The number of thiazole rings is 1. The number of carbonyl (C=O) groups excluding carboxylic acids is 1. The summed E-state index contributed by atoms with van der Waals surface area (Å²) in [6.45, 7) is 0.220. The molecule has 0 aromatic carbocycles. The first-order valence-electron chi connectivity index (χ1n) is 11.4. The Bertz CT molecular complexity index is 1200. The number of nitrogens with zero attached hydrogens (tertiary/aromatic N) is 4. The number of anilines is 1. The van der Waals surface area contributed by atoms with Gasteiger partial charge in [0.2, 0.25) is 5.91 Å². The Morgan fingerprint density at radius 3 is 2.71 bits per heavy atom. The number of hydrogen-bond donors (Lipinski definition) is 3. The quantitative estimate of drug-likeness (QED) is 0.433. The van der Waals surface area contributed by atoms with Gasteiger partial charge in [-0.05, 0) is 37.1 Å². The highest BCUT2D eigenvalue weighted by Crippen LogP contribution is 2.43. The van der Waals surface area contributed by atoms with Gasteiger partial charge in [-0.3, -0.25) is 15.1 Å². The predicted octanol–water partition coefficient (Wildman–Crippen LogP) is 3.28. The molecule has 2 aliphatic rings. The van der Waals surface area contributed by atoms with E-state index in [0.29, 0.717) is 28.8 Å². The zero-order valence-corrected chi connectivity index (χ0v) is 19.5. The van der Waals surface area contributed by atoms with Crippen molar-refractivity contribution in [2.24, 2.45) is 0 Å². The third-order valence-corrected chi connectivity index (χ3v) is 7.50. The van der Waals surface area contributed by atoms with Gasteiger partial charge in [0.15, 0.2) is 0 Å². The van der Waals surface area contributed by atoms with E-state index >= 15 is 0 Å². The Balaban J connectivity index is 1.16. The molecule has 12 heteroatoms. The molecular weight excluding hydrogens is 479 g/mol. The minimum Gasteiger partial charge on any atom is -0.368 e. The van der Waals surface area contributed by atoms with E-state index in [0.717, 1.165) is 24.1 Å². The lowest BCUT2D eigenvalue weighted by atomic mass is 9.66. The molecule has 4 heterocycles. The van der Waals surface area contributed by atoms with Gasteiger partial charge in [0.1, 0.15) is 22.3 Å². The molecule has 1 aliphatic carbocycles. The Hall–Kier alpha value is -3.12.